The first-order valence-electron chi connectivity index (χ1n) is 7.34. The Balaban J connectivity index is 2.02. The number of nitrogens with zero attached hydrogens (tertiary/aromatic N) is 2. The predicted octanol–water partition coefficient (Wildman–Crippen LogP) is 1.01. The van der Waals surface area contributed by atoms with Crippen molar-refractivity contribution in [2.45, 2.75) is 9.79 Å². The van der Waals surface area contributed by atoms with Crippen LogP contribution in [0.1, 0.15) is 11.1 Å². The Morgan fingerprint density at radius 1 is 0.786 bits per heavy atom. The van der Waals surface area contributed by atoms with Crippen LogP contribution >= 0.6 is 12.2 Å². The predicted molar refractivity (Wildman–Crippen MR) is 107 cm³/mol. The molecule has 0 aromatic heterocycles. The van der Waals surface area contributed by atoms with Gasteiger partial charge in [0.05, 0.1) is 12.4 Å². The van der Waals surface area contributed by atoms with Gasteiger partial charge in [-0.25, -0.2) is 0 Å². The average Bonchev–Trinajstić information content (AvgIpc) is 2.61. The fraction of sp³-hybridized carbons (Fsp3) is 0. The fourth-order valence-electron chi connectivity index (χ4n) is 1.99. The Hall–Kier alpha value is -2.71. The molecule has 4 N–H and O–H groups in total. The third kappa shape index (κ3) is 6.17. The maximum Gasteiger partial charge on any atom is 0.295 e. The molecule has 0 fully saturated rings. The van der Waals surface area contributed by atoms with E-state index in [1.165, 1.54) is 36.4 Å². The molecule has 0 saturated carbocycles. The third-order valence-corrected chi connectivity index (χ3v) is 5.17. The van der Waals surface area contributed by atoms with Crippen LogP contribution < -0.4 is 10.9 Å². The van der Waals surface area contributed by atoms with Crippen molar-refractivity contribution in [3.8, 4) is 0 Å². The first-order chi connectivity index (χ1) is 13.1. The Morgan fingerprint density at radius 3 is 1.50 bits per heavy atom. The van der Waals surface area contributed by atoms with Crippen molar-refractivity contribution >= 4 is 50.0 Å². The first-order valence-corrected chi connectivity index (χ1v) is 10.6. The highest BCUT2D eigenvalue weighted by Gasteiger charge is 2.14. The molecule has 0 radical (unpaired) electrons. The number of hydrazone groups is 2. The molecule has 0 heterocycles. The molecule has 10 nitrogen and oxygen atoms in total. The monoisotopic (exact) mass is 442 g/mol. The lowest BCUT2D eigenvalue weighted by molar-refractivity contribution is 0.481. The molecule has 0 aliphatic rings. The molecule has 2 rings (SSSR count). The molecule has 0 saturated heterocycles. The van der Waals surface area contributed by atoms with Gasteiger partial charge in [-0.2, -0.15) is 27.0 Å². The molecule has 0 aliphatic carbocycles. The van der Waals surface area contributed by atoms with E-state index in [4.69, 9.17) is 21.3 Å². The van der Waals surface area contributed by atoms with Gasteiger partial charge in [-0.1, -0.05) is 36.4 Å². The summed E-state index contributed by atoms with van der Waals surface area (Å²) in [6, 6.07) is 11.3. The summed E-state index contributed by atoms with van der Waals surface area (Å²) >= 11 is 4.91. The lowest BCUT2D eigenvalue weighted by Crippen LogP contribution is -2.28. The summed E-state index contributed by atoms with van der Waals surface area (Å²) in [5, 5.41) is 7.39. The minimum absolute atomic E-state index is 0.0822. The van der Waals surface area contributed by atoms with Gasteiger partial charge in [-0.05, 0) is 24.4 Å². The summed E-state index contributed by atoms with van der Waals surface area (Å²) in [5.74, 6) is 0. The van der Waals surface area contributed by atoms with Gasteiger partial charge in [0.2, 0.25) is 5.11 Å². The van der Waals surface area contributed by atoms with Crippen molar-refractivity contribution in [1.29, 1.82) is 0 Å². The van der Waals surface area contributed by atoms with E-state index < -0.39 is 20.2 Å². The number of nitrogens with one attached hydrogen (secondary N) is 2. The fourth-order valence-corrected chi connectivity index (χ4v) is 3.43. The number of benzene rings is 2. The Labute approximate surface area is 166 Å². The van der Waals surface area contributed by atoms with Gasteiger partial charge in [0.25, 0.3) is 20.2 Å². The summed E-state index contributed by atoms with van der Waals surface area (Å²) in [6.45, 7) is 0. The number of rotatable bonds is 6. The Morgan fingerprint density at radius 2 is 1.14 bits per heavy atom. The van der Waals surface area contributed by atoms with E-state index >= 15 is 0 Å². The van der Waals surface area contributed by atoms with Gasteiger partial charge in [0.1, 0.15) is 9.79 Å². The summed E-state index contributed by atoms with van der Waals surface area (Å²) in [4.78, 5) is -0.640. The van der Waals surface area contributed by atoms with E-state index in [-0.39, 0.29) is 26.0 Å². The highest BCUT2D eigenvalue weighted by atomic mass is 32.2. The lowest BCUT2D eigenvalue weighted by Gasteiger charge is -2.04. The van der Waals surface area contributed by atoms with Gasteiger partial charge >= 0.3 is 0 Å². The van der Waals surface area contributed by atoms with Gasteiger partial charge in [-0.15, -0.1) is 0 Å². The molecule has 28 heavy (non-hydrogen) atoms. The van der Waals surface area contributed by atoms with Gasteiger partial charge < -0.3 is 0 Å². The second-order valence-electron chi connectivity index (χ2n) is 5.09. The van der Waals surface area contributed by atoms with Crippen LogP contribution in [0.5, 0.6) is 0 Å². The van der Waals surface area contributed by atoms with E-state index in [9.17, 15) is 16.8 Å². The van der Waals surface area contributed by atoms with Crippen LogP contribution in [0.2, 0.25) is 0 Å². The average molecular weight is 443 g/mol. The second-order valence-corrected chi connectivity index (χ2v) is 8.28. The van der Waals surface area contributed by atoms with E-state index in [0.29, 0.717) is 0 Å². The molecular formula is C15H14N4O6S3. The smallest absolute Gasteiger partial charge is 0.282 e. The number of hydrogen-bond donors (Lipinski definition) is 4. The molecular weight excluding hydrogens is 428 g/mol. The number of hydrogen-bond acceptors (Lipinski definition) is 7. The minimum Gasteiger partial charge on any atom is -0.282 e. The SMILES string of the molecule is O=S(=O)(O)c1ccccc1/C=N\NC(=S)N/N=C/c1ccccc1S(=O)(=O)O. The Bertz CT molecular complexity index is 1050. The van der Waals surface area contributed by atoms with Crippen molar-refractivity contribution in [2.75, 3.05) is 0 Å². The van der Waals surface area contributed by atoms with E-state index in [2.05, 4.69) is 21.1 Å². The van der Waals surface area contributed by atoms with Crippen LogP contribution in [0.4, 0.5) is 0 Å². The molecule has 0 spiro atoms. The van der Waals surface area contributed by atoms with Crippen molar-refractivity contribution < 1.29 is 25.9 Å². The largest absolute Gasteiger partial charge is 0.295 e. The van der Waals surface area contributed by atoms with Crippen molar-refractivity contribution in [1.82, 2.24) is 10.9 Å². The number of thiocarbonyl (C=S) groups is 1. The van der Waals surface area contributed by atoms with E-state index in [1.807, 2.05) is 0 Å². The van der Waals surface area contributed by atoms with Crippen molar-refractivity contribution in [3.05, 3.63) is 59.7 Å². The zero-order chi connectivity index (χ0) is 20.8. The van der Waals surface area contributed by atoms with Crippen LogP contribution in [0, 0.1) is 0 Å². The lowest BCUT2D eigenvalue weighted by atomic mass is 10.2. The maximum absolute atomic E-state index is 11.3. The molecule has 148 valence electrons. The standard InChI is InChI=1S/C15H14N4O6S3/c20-27(21,22)13-7-3-1-5-11(13)9-16-18-15(26)19-17-10-12-6-2-4-8-14(12)28(23,24)25/h1-10H,(H2,18,19,26)(H,20,21,22)(H,23,24,25)/b16-9-,17-10+. The normalized spacial score (nSPS) is 12.4. The zero-order valence-corrected chi connectivity index (χ0v) is 16.4. The molecule has 0 bridgehead atoms. The molecule has 2 aromatic carbocycles. The van der Waals surface area contributed by atoms with Gasteiger partial charge in [0, 0.05) is 11.1 Å². The van der Waals surface area contributed by atoms with Crippen LogP contribution in [-0.4, -0.2) is 43.5 Å². The molecule has 0 amide bonds. The second kappa shape index (κ2) is 8.99. The molecule has 0 aliphatic heterocycles. The summed E-state index contributed by atoms with van der Waals surface area (Å²) in [5.41, 5.74) is 5.01. The molecule has 13 heteroatoms. The zero-order valence-electron chi connectivity index (χ0n) is 13.9. The van der Waals surface area contributed by atoms with E-state index in [1.54, 1.807) is 12.1 Å². The Kier molecular flexibility index (Phi) is 6.93. The molecule has 0 atom stereocenters. The third-order valence-electron chi connectivity index (χ3n) is 3.13. The highest BCUT2D eigenvalue weighted by Crippen LogP contribution is 2.13. The van der Waals surface area contributed by atoms with E-state index in [0.717, 1.165) is 12.4 Å². The molecule has 2 aromatic rings. The quantitative estimate of drug-likeness (QED) is 0.222. The van der Waals surface area contributed by atoms with Crippen LogP contribution in [0.25, 0.3) is 0 Å². The van der Waals surface area contributed by atoms with Gasteiger partial charge in [0.15, 0.2) is 0 Å². The summed E-state index contributed by atoms with van der Waals surface area (Å²) in [6.07, 6.45) is 2.27. The topological polar surface area (TPSA) is 158 Å². The van der Waals surface area contributed by atoms with Crippen LogP contribution in [0.3, 0.4) is 0 Å². The summed E-state index contributed by atoms with van der Waals surface area (Å²) < 4.78 is 63.4. The molecule has 0 unspecified atom stereocenters. The summed E-state index contributed by atoms with van der Waals surface area (Å²) in [7, 11) is -8.81. The van der Waals surface area contributed by atoms with Crippen molar-refractivity contribution in [2.24, 2.45) is 10.2 Å². The minimum atomic E-state index is -4.41. The van der Waals surface area contributed by atoms with Crippen LogP contribution in [-0.2, 0) is 20.2 Å². The van der Waals surface area contributed by atoms with Crippen molar-refractivity contribution in [3.63, 3.8) is 0 Å². The highest BCUT2D eigenvalue weighted by molar-refractivity contribution is 7.86. The van der Waals surface area contributed by atoms with Crippen LogP contribution in [0.15, 0.2) is 68.5 Å². The first kappa shape index (κ1) is 21.6. The van der Waals surface area contributed by atoms with Gasteiger partial charge in [-0.3, -0.25) is 20.0 Å². The maximum atomic E-state index is 11.3.